The molecule has 0 unspecified atom stereocenters. The lowest BCUT2D eigenvalue weighted by Gasteiger charge is -2.37. The molecule has 0 aliphatic heterocycles. The van der Waals surface area contributed by atoms with Crippen LogP contribution in [0.2, 0.25) is 0 Å². The van der Waals surface area contributed by atoms with Gasteiger partial charge in [0, 0.05) is 5.54 Å². The molecule has 1 fully saturated rings. The Morgan fingerprint density at radius 2 is 2.05 bits per heavy atom. The van der Waals surface area contributed by atoms with Gasteiger partial charge in [-0.15, -0.1) is 0 Å². The summed E-state index contributed by atoms with van der Waals surface area (Å²) in [5.74, 6) is 0.877. The average molecular weight is 293 g/mol. The first-order chi connectivity index (χ1) is 10.1. The highest BCUT2D eigenvalue weighted by atomic mass is 19.1. The molecule has 1 aromatic carbocycles. The number of ether oxygens (including phenoxy) is 1. The summed E-state index contributed by atoms with van der Waals surface area (Å²) in [6, 6.07) is 5.33. The monoisotopic (exact) mass is 293 g/mol. The Hall–Kier alpha value is -1.09. The minimum absolute atomic E-state index is 0.252. The van der Waals surface area contributed by atoms with Gasteiger partial charge in [0.1, 0.15) is 0 Å². The highest BCUT2D eigenvalue weighted by molar-refractivity contribution is 5.32. The standard InChI is InChI=1S/C18H28FNO/c1-3-4-6-14-9-11-18(20,12-10-14)13-15-7-5-8-16(21-2)17(15)19/h5,7-8,14H,3-4,6,9-13,20H2,1-2H3. The van der Waals surface area contributed by atoms with Crippen molar-refractivity contribution in [3.05, 3.63) is 29.6 Å². The van der Waals surface area contributed by atoms with Crippen molar-refractivity contribution < 1.29 is 9.13 Å². The van der Waals surface area contributed by atoms with Crippen molar-refractivity contribution in [1.29, 1.82) is 0 Å². The summed E-state index contributed by atoms with van der Waals surface area (Å²) in [5.41, 5.74) is 6.96. The highest BCUT2D eigenvalue weighted by Gasteiger charge is 2.32. The molecule has 118 valence electrons. The Balaban J connectivity index is 1.97. The van der Waals surface area contributed by atoms with E-state index >= 15 is 0 Å². The van der Waals surface area contributed by atoms with E-state index in [0.717, 1.165) is 18.8 Å². The summed E-state index contributed by atoms with van der Waals surface area (Å²) in [6.45, 7) is 2.24. The van der Waals surface area contributed by atoms with Gasteiger partial charge in [-0.25, -0.2) is 4.39 Å². The maximum absolute atomic E-state index is 14.3. The maximum Gasteiger partial charge on any atom is 0.168 e. The molecule has 1 saturated carbocycles. The van der Waals surface area contributed by atoms with Crippen LogP contribution >= 0.6 is 0 Å². The van der Waals surface area contributed by atoms with E-state index in [0.29, 0.717) is 17.7 Å². The van der Waals surface area contributed by atoms with Gasteiger partial charge in [0.2, 0.25) is 0 Å². The summed E-state index contributed by atoms with van der Waals surface area (Å²) in [7, 11) is 1.50. The van der Waals surface area contributed by atoms with Crippen LogP contribution in [0, 0.1) is 11.7 Å². The molecule has 2 nitrogen and oxygen atoms in total. The van der Waals surface area contributed by atoms with Gasteiger partial charge in [-0.05, 0) is 49.7 Å². The lowest BCUT2D eigenvalue weighted by molar-refractivity contribution is 0.220. The van der Waals surface area contributed by atoms with E-state index in [1.807, 2.05) is 12.1 Å². The molecule has 0 heterocycles. The Morgan fingerprint density at radius 3 is 2.67 bits per heavy atom. The number of unbranched alkanes of at least 4 members (excludes halogenated alkanes) is 1. The quantitative estimate of drug-likeness (QED) is 0.840. The number of halogens is 1. The summed E-state index contributed by atoms with van der Waals surface area (Å²) in [4.78, 5) is 0. The van der Waals surface area contributed by atoms with Gasteiger partial charge in [-0.2, -0.15) is 0 Å². The molecule has 0 bridgehead atoms. The Labute approximate surface area is 127 Å². The zero-order valence-electron chi connectivity index (χ0n) is 13.3. The molecule has 1 aliphatic rings. The third-order valence-electron chi connectivity index (χ3n) is 4.87. The summed E-state index contributed by atoms with van der Waals surface area (Å²) in [5, 5.41) is 0. The van der Waals surface area contributed by atoms with Crippen molar-refractivity contribution in [3.63, 3.8) is 0 Å². The fourth-order valence-electron chi connectivity index (χ4n) is 3.44. The van der Waals surface area contributed by atoms with Crippen LogP contribution in [-0.2, 0) is 6.42 Å². The van der Waals surface area contributed by atoms with E-state index in [1.54, 1.807) is 6.07 Å². The molecule has 21 heavy (non-hydrogen) atoms. The van der Waals surface area contributed by atoms with Crippen LogP contribution in [0.15, 0.2) is 18.2 Å². The summed E-state index contributed by atoms with van der Waals surface area (Å²) in [6.07, 6.45) is 8.86. The predicted molar refractivity (Wildman–Crippen MR) is 85.1 cm³/mol. The predicted octanol–water partition coefficient (Wildman–Crippen LogP) is 4.45. The van der Waals surface area contributed by atoms with Crippen molar-refractivity contribution in [2.24, 2.45) is 11.7 Å². The second-order valence-corrected chi connectivity index (χ2v) is 6.56. The number of hydrogen-bond donors (Lipinski definition) is 1. The number of benzene rings is 1. The molecule has 0 aromatic heterocycles. The van der Waals surface area contributed by atoms with Gasteiger partial charge < -0.3 is 10.5 Å². The first kappa shape index (κ1) is 16.3. The molecule has 2 rings (SSSR count). The molecule has 1 aromatic rings. The second-order valence-electron chi connectivity index (χ2n) is 6.56. The van der Waals surface area contributed by atoms with Crippen LogP contribution in [0.5, 0.6) is 5.75 Å². The van der Waals surface area contributed by atoms with Crippen molar-refractivity contribution in [2.75, 3.05) is 7.11 Å². The van der Waals surface area contributed by atoms with Crippen LogP contribution in [0.1, 0.15) is 57.4 Å². The van der Waals surface area contributed by atoms with E-state index in [9.17, 15) is 4.39 Å². The van der Waals surface area contributed by atoms with Crippen LogP contribution in [0.4, 0.5) is 4.39 Å². The van der Waals surface area contributed by atoms with Crippen LogP contribution in [0.3, 0.4) is 0 Å². The molecule has 0 saturated heterocycles. The van der Waals surface area contributed by atoms with Gasteiger partial charge in [0.05, 0.1) is 7.11 Å². The van der Waals surface area contributed by atoms with Crippen LogP contribution in [-0.4, -0.2) is 12.6 Å². The minimum Gasteiger partial charge on any atom is -0.494 e. The molecule has 0 radical (unpaired) electrons. The fourth-order valence-corrected chi connectivity index (χ4v) is 3.44. The molecule has 0 amide bonds. The topological polar surface area (TPSA) is 35.2 Å². The van der Waals surface area contributed by atoms with Gasteiger partial charge in [0.15, 0.2) is 11.6 Å². The largest absolute Gasteiger partial charge is 0.494 e. The first-order valence-corrected chi connectivity index (χ1v) is 8.18. The average Bonchev–Trinajstić information content (AvgIpc) is 2.49. The maximum atomic E-state index is 14.3. The van der Waals surface area contributed by atoms with Gasteiger partial charge in [-0.3, -0.25) is 0 Å². The molecular weight excluding hydrogens is 265 g/mol. The fraction of sp³-hybridized carbons (Fsp3) is 0.667. The smallest absolute Gasteiger partial charge is 0.168 e. The Bertz CT molecular complexity index is 453. The van der Waals surface area contributed by atoms with E-state index < -0.39 is 0 Å². The van der Waals surface area contributed by atoms with Crippen molar-refractivity contribution in [3.8, 4) is 5.75 Å². The molecular formula is C18H28FNO. The Morgan fingerprint density at radius 1 is 1.33 bits per heavy atom. The van der Waals surface area contributed by atoms with E-state index in [4.69, 9.17) is 10.5 Å². The second kappa shape index (κ2) is 7.26. The lowest BCUT2D eigenvalue weighted by Crippen LogP contribution is -2.45. The zero-order valence-corrected chi connectivity index (χ0v) is 13.3. The normalized spacial score (nSPS) is 25.8. The van der Waals surface area contributed by atoms with Crippen LogP contribution < -0.4 is 10.5 Å². The highest BCUT2D eigenvalue weighted by Crippen LogP contribution is 2.36. The number of rotatable bonds is 6. The Kier molecular flexibility index (Phi) is 5.63. The lowest BCUT2D eigenvalue weighted by atomic mass is 9.73. The number of hydrogen-bond acceptors (Lipinski definition) is 2. The van der Waals surface area contributed by atoms with Gasteiger partial charge in [-0.1, -0.05) is 38.3 Å². The molecule has 1 aliphatic carbocycles. The molecule has 2 N–H and O–H groups in total. The first-order valence-electron chi connectivity index (χ1n) is 8.18. The zero-order chi connectivity index (χ0) is 15.3. The van der Waals surface area contributed by atoms with Crippen molar-refractivity contribution in [2.45, 2.75) is 63.8 Å². The summed E-state index contributed by atoms with van der Waals surface area (Å²) >= 11 is 0. The summed E-state index contributed by atoms with van der Waals surface area (Å²) < 4.78 is 19.3. The molecule has 3 heteroatoms. The third kappa shape index (κ3) is 4.19. The van der Waals surface area contributed by atoms with Gasteiger partial charge in [0.25, 0.3) is 0 Å². The van der Waals surface area contributed by atoms with Crippen molar-refractivity contribution >= 4 is 0 Å². The molecule has 0 spiro atoms. The van der Waals surface area contributed by atoms with E-state index in [2.05, 4.69) is 6.92 Å². The molecule has 0 atom stereocenters. The number of nitrogens with two attached hydrogens (primary N) is 1. The third-order valence-corrected chi connectivity index (χ3v) is 4.87. The number of methoxy groups -OCH3 is 1. The van der Waals surface area contributed by atoms with Gasteiger partial charge >= 0.3 is 0 Å². The minimum atomic E-state index is -0.254. The van der Waals surface area contributed by atoms with E-state index in [1.165, 1.54) is 39.2 Å². The van der Waals surface area contributed by atoms with Crippen molar-refractivity contribution in [1.82, 2.24) is 0 Å². The van der Waals surface area contributed by atoms with Crippen LogP contribution in [0.25, 0.3) is 0 Å². The van der Waals surface area contributed by atoms with E-state index in [-0.39, 0.29) is 11.4 Å². The SMILES string of the molecule is CCCCC1CCC(N)(Cc2cccc(OC)c2F)CC1.